The second kappa shape index (κ2) is 3.09. The maximum atomic E-state index is 5.54. The maximum absolute atomic E-state index is 5.54. The van der Waals surface area contributed by atoms with Crippen molar-refractivity contribution in [3.63, 3.8) is 0 Å². The fourth-order valence-electron chi connectivity index (χ4n) is 1.14. The summed E-state index contributed by atoms with van der Waals surface area (Å²) in [5.41, 5.74) is 5.97. The first-order chi connectivity index (χ1) is 6.72. The van der Waals surface area contributed by atoms with Crippen LogP contribution in [0.4, 0.5) is 5.82 Å². The van der Waals surface area contributed by atoms with Gasteiger partial charge in [-0.15, -0.1) is 0 Å². The van der Waals surface area contributed by atoms with Crippen molar-refractivity contribution in [1.82, 2.24) is 25.1 Å². The molecule has 0 aliphatic rings. The number of anilines is 1. The van der Waals surface area contributed by atoms with Gasteiger partial charge in [-0.3, -0.25) is 0 Å². The first-order valence-corrected chi connectivity index (χ1v) is 4.20. The largest absolute Gasteiger partial charge is 0.379 e. The Kier molecular flexibility index (Phi) is 1.91. The van der Waals surface area contributed by atoms with E-state index < -0.39 is 0 Å². The minimum absolute atomic E-state index is 0.225. The predicted octanol–water partition coefficient (Wildman–Crippen LogP) is 0.00970. The van der Waals surface area contributed by atoms with Crippen molar-refractivity contribution >= 4 is 5.82 Å². The molecule has 0 saturated carbocycles. The van der Waals surface area contributed by atoms with Crippen molar-refractivity contribution in [1.29, 1.82) is 0 Å². The SMILES string of the molecule is CCc1nc(-c2nonc2N)n(C)n1. The lowest BCUT2D eigenvalue weighted by Gasteiger charge is -1.92. The van der Waals surface area contributed by atoms with Crippen LogP contribution in [-0.2, 0) is 13.5 Å². The molecule has 2 N–H and O–H groups in total. The van der Waals surface area contributed by atoms with Gasteiger partial charge in [0.1, 0.15) is 0 Å². The molecule has 2 aromatic heterocycles. The highest BCUT2D eigenvalue weighted by atomic mass is 16.6. The van der Waals surface area contributed by atoms with Gasteiger partial charge in [0.15, 0.2) is 23.2 Å². The van der Waals surface area contributed by atoms with Crippen molar-refractivity contribution in [2.45, 2.75) is 13.3 Å². The van der Waals surface area contributed by atoms with Gasteiger partial charge in [-0.05, 0) is 10.3 Å². The summed E-state index contributed by atoms with van der Waals surface area (Å²) < 4.78 is 6.10. The molecule has 7 heteroatoms. The second-order valence-electron chi connectivity index (χ2n) is 2.83. The number of nitrogens with two attached hydrogens (primary N) is 1. The fourth-order valence-corrected chi connectivity index (χ4v) is 1.14. The molecule has 2 rings (SSSR count). The lowest BCUT2D eigenvalue weighted by Crippen LogP contribution is -1.97. The van der Waals surface area contributed by atoms with Crippen LogP contribution in [0, 0.1) is 0 Å². The number of hydrogen-bond acceptors (Lipinski definition) is 6. The van der Waals surface area contributed by atoms with Gasteiger partial charge in [-0.25, -0.2) is 14.3 Å². The Morgan fingerprint density at radius 3 is 2.71 bits per heavy atom. The second-order valence-corrected chi connectivity index (χ2v) is 2.83. The molecule has 0 aliphatic heterocycles. The van der Waals surface area contributed by atoms with E-state index in [4.69, 9.17) is 5.73 Å². The fraction of sp³-hybridized carbons (Fsp3) is 0.429. The van der Waals surface area contributed by atoms with E-state index in [1.807, 2.05) is 6.92 Å². The van der Waals surface area contributed by atoms with E-state index in [2.05, 4.69) is 25.0 Å². The molecule has 0 fully saturated rings. The van der Waals surface area contributed by atoms with Gasteiger partial charge in [0.2, 0.25) is 0 Å². The summed E-state index contributed by atoms with van der Waals surface area (Å²) in [6.07, 6.45) is 0.763. The van der Waals surface area contributed by atoms with Gasteiger partial charge in [0, 0.05) is 13.5 Å². The number of rotatable bonds is 2. The van der Waals surface area contributed by atoms with Gasteiger partial charge < -0.3 is 5.73 Å². The Hall–Kier alpha value is -1.92. The smallest absolute Gasteiger partial charge is 0.199 e. The molecule has 0 bridgehead atoms. The molecule has 0 atom stereocenters. The van der Waals surface area contributed by atoms with E-state index in [-0.39, 0.29) is 5.82 Å². The van der Waals surface area contributed by atoms with E-state index >= 15 is 0 Å². The van der Waals surface area contributed by atoms with Crippen LogP contribution in [0.5, 0.6) is 0 Å². The molecule has 2 heterocycles. The molecule has 0 saturated heterocycles. The average Bonchev–Trinajstić information content (AvgIpc) is 2.72. The molecule has 0 radical (unpaired) electrons. The van der Waals surface area contributed by atoms with Gasteiger partial charge >= 0.3 is 0 Å². The Morgan fingerprint density at radius 2 is 2.21 bits per heavy atom. The summed E-state index contributed by atoms with van der Waals surface area (Å²) in [4.78, 5) is 4.24. The summed E-state index contributed by atoms with van der Waals surface area (Å²) in [7, 11) is 1.77. The standard InChI is InChI=1S/C7H10N6O/c1-3-4-9-7(13(2)10-4)5-6(8)12-14-11-5/h3H2,1-2H3,(H2,8,12). The minimum atomic E-state index is 0.225. The van der Waals surface area contributed by atoms with Gasteiger partial charge in [-0.1, -0.05) is 6.92 Å². The molecule has 0 spiro atoms. The molecule has 7 nitrogen and oxygen atoms in total. The van der Waals surface area contributed by atoms with Crippen molar-refractivity contribution < 1.29 is 4.63 Å². The number of aromatic nitrogens is 5. The number of nitrogens with zero attached hydrogens (tertiary/aromatic N) is 5. The molecular weight excluding hydrogens is 184 g/mol. The van der Waals surface area contributed by atoms with Crippen LogP contribution in [0.2, 0.25) is 0 Å². The van der Waals surface area contributed by atoms with Gasteiger partial charge in [0.05, 0.1) is 0 Å². The minimum Gasteiger partial charge on any atom is -0.379 e. The number of aryl methyl sites for hydroxylation is 2. The van der Waals surface area contributed by atoms with Crippen molar-refractivity contribution in [2.24, 2.45) is 7.05 Å². The van der Waals surface area contributed by atoms with Crippen molar-refractivity contribution in [3.8, 4) is 11.5 Å². The van der Waals surface area contributed by atoms with Gasteiger partial charge in [0.25, 0.3) is 0 Å². The Labute approximate surface area is 79.9 Å². The van der Waals surface area contributed by atoms with E-state index in [0.29, 0.717) is 11.5 Å². The molecule has 0 aliphatic carbocycles. The quantitative estimate of drug-likeness (QED) is 0.723. The van der Waals surface area contributed by atoms with E-state index in [1.54, 1.807) is 11.7 Å². The highest BCUT2D eigenvalue weighted by molar-refractivity contribution is 5.62. The Bertz CT molecular complexity index is 445. The number of hydrogen-bond donors (Lipinski definition) is 1. The van der Waals surface area contributed by atoms with Crippen LogP contribution >= 0.6 is 0 Å². The van der Waals surface area contributed by atoms with Crippen molar-refractivity contribution in [3.05, 3.63) is 5.82 Å². The van der Waals surface area contributed by atoms with Crippen molar-refractivity contribution in [2.75, 3.05) is 5.73 Å². The lowest BCUT2D eigenvalue weighted by molar-refractivity contribution is 0.310. The zero-order valence-electron chi connectivity index (χ0n) is 7.93. The van der Waals surface area contributed by atoms with Crippen LogP contribution < -0.4 is 5.73 Å². The van der Waals surface area contributed by atoms with E-state index in [1.165, 1.54) is 0 Å². The first-order valence-electron chi connectivity index (χ1n) is 4.20. The summed E-state index contributed by atoms with van der Waals surface area (Å²) in [6, 6.07) is 0. The lowest BCUT2D eigenvalue weighted by atomic mass is 10.4. The topological polar surface area (TPSA) is 95.6 Å². The Morgan fingerprint density at radius 1 is 1.43 bits per heavy atom. The predicted molar refractivity (Wildman–Crippen MR) is 48.1 cm³/mol. The van der Waals surface area contributed by atoms with Crippen LogP contribution in [0.15, 0.2) is 4.63 Å². The summed E-state index contributed by atoms with van der Waals surface area (Å²) >= 11 is 0. The van der Waals surface area contributed by atoms with Crippen LogP contribution in [0.3, 0.4) is 0 Å². The number of nitrogen functional groups attached to an aromatic ring is 1. The van der Waals surface area contributed by atoms with Crippen LogP contribution in [0.1, 0.15) is 12.7 Å². The molecule has 74 valence electrons. The molecular formula is C7H10N6O. The third-order valence-electron chi connectivity index (χ3n) is 1.85. The molecule has 2 aromatic rings. The first kappa shape index (κ1) is 8.67. The van der Waals surface area contributed by atoms with Crippen LogP contribution in [0.25, 0.3) is 11.5 Å². The Balaban J connectivity index is 2.51. The summed E-state index contributed by atoms with van der Waals surface area (Å²) in [5.74, 6) is 1.54. The average molecular weight is 194 g/mol. The highest BCUT2D eigenvalue weighted by Gasteiger charge is 2.16. The third kappa shape index (κ3) is 1.22. The zero-order valence-corrected chi connectivity index (χ0v) is 7.93. The molecule has 14 heavy (non-hydrogen) atoms. The zero-order chi connectivity index (χ0) is 10.1. The molecule has 0 amide bonds. The molecule has 0 unspecified atom stereocenters. The molecule has 0 aromatic carbocycles. The van der Waals surface area contributed by atoms with E-state index in [0.717, 1.165) is 12.2 Å². The summed E-state index contributed by atoms with van der Waals surface area (Å²) in [5, 5.41) is 11.3. The van der Waals surface area contributed by atoms with Gasteiger partial charge in [-0.2, -0.15) is 5.10 Å². The maximum Gasteiger partial charge on any atom is 0.199 e. The monoisotopic (exact) mass is 194 g/mol. The normalized spacial score (nSPS) is 10.7. The third-order valence-corrected chi connectivity index (χ3v) is 1.85. The van der Waals surface area contributed by atoms with E-state index in [9.17, 15) is 0 Å². The van der Waals surface area contributed by atoms with Crippen LogP contribution in [-0.4, -0.2) is 25.1 Å². The summed E-state index contributed by atoms with van der Waals surface area (Å²) in [6.45, 7) is 1.98. The highest BCUT2D eigenvalue weighted by Crippen LogP contribution is 2.18.